The lowest BCUT2D eigenvalue weighted by molar-refractivity contribution is -0.120. The number of benzene rings is 1. The summed E-state index contributed by atoms with van der Waals surface area (Å²) in [5, 5.41) is 9.42. The molecule has 1 aliphatic heterocycles. The first-order chi connectivity index (χ1) is 9.70. The van der Waals surface area contributed by atoms with Crippen molar-refractivity contribution in [2.45, 2.75) is 38.1 Å². The van der Waals surface area contributed by atoms with E-state index in [2.05, 4.69) is 4.90 Å². The molecule has 1 fully saturated rings. The van der Waals surface area contributed by atoms with Crippen molar-refractivity contribution < 1.29 is 14.3 Å². The maximum atomic E-state index is 13.5. The molecule has 1 aromatic carbocycles. The topological polar surface area (TPSA) is 40.5 Å². The molecular formula is C16H22FNO2. The van der Waals surface area contributed by atoms with Gasteiger partial charge in [-0.1, -0.05) is 31.0 Å². The van der Waals surface area contributed by atoms with Crippen molar-refractivity contribution in [3.8, 4) is 0 Å². The highest BCUT2D eigenvalue weighted by Gasteiger charge is 2.22. The third kappa shape index (κ3) is 4.12. The number of ketones is 1. The molecule has 20 heavy (non-hydrogen) atoms. The second kappa shape index (κ2) is 7.50. The van der Waals surface area contributed by atoms with Crippen molar-refractivity contribution in [2.24, 2.45) is 0 Å². The lowest BCUT2D eigenvalue weighted by Crippen LogP contribution is -2.41. The maximum Gasteiger partial charge on any atom is 0.151 e. The molecule has 0 spiro atoms. The predicted molar refractivity (Wildman–Crippen MR) is 76.0 cm³/mol. The van der Waals surface area contributed by atoms with Gasteiger partial charge in [-0.3, -0.25) is 9.69 Å². The first-order valence-electron chi connectivity index (χ1n) is 7.30. The van der Waals surface area contributed by atoms with Gasteiger partial charge in [0.2, 0.25) is 0 Å². The van der Waals surface area contributed by atoms with Gasteiger partial charge in [0.05, 0.1) is 13.2 Å². The molecule has 110 valence electrons. The van der Waals surface area contributed by atoms with E-state index in [1.807, 2.05) is 0 Å². The summed E-state index contributed by atoms with van der Waals surface area (Å²) in [7, 11) is 0. The summed E-state index contributed by atoms with van der Waals surface area (Å²) in [6.45, 7) is 1.24. The third-order valence-corrected chi connectivity index (χ3v) is 3.93. The fourth-order valence-electron chi connectivity index (χ4n) is 2.79. The molecule has 1 aliphatic rings. The van der Waals surface area contributed by atoms with Crippen LogP contribution in [0.15, 0.2) is 24.3 Å². The number of carbonyl (C=O) groups excluding carboxylic acids is 1. The Labute approximate surface area is 119 Å². The number of halogens is 1. The van der Waals surface area contributed by atoms with E-state index >= 15 is 0 Å². The summed E-state index contributed by atoms with van der Waals surface area (Å²) in [6, 6.07) is 6.47. The average molecular weight is 279 g/mol. The van der Waals surface area contributed by atoms with Crippen LogP contribution < -0.4 is 0 Å². The first-order valence-corrected chi connectivity index (χ1v) is 7.30. The number of aliphatic hydroxyl groups excluding tert-OH is 1. The van der Waals surface area contributed by atoms with E-state index in [-0.39, 0.29) is 30.7 Å². The van der Waals surface area contributed by atoms with Gasteiger partial charge in [0.25, 0.3) is 0 Å². The predicted octanol–water partition coefficient (Wildman–Crippen LogP) is 2.17. The fraction of sp³-hybridized carbons (Fsp3) is 0.562. The molecule has 1 heterocycles. The van der Waals surface area contributed by atoms with Gasteiger partial charge < -0.3 is 5.11 Å². The highest BCUT2D eigenvalue weighted by atomic mass is 19.1. The normalized spacial score (nSPS) is 20.6. The lowest BCUT2D eigenvalue weighted by Gasteiger charge is -2.27. The van der Waals surface area contributed by atoms with E-state index in [0.717, 1.165) is 32.2 Å². The summed E-state index contributed by atoms with van der Waals surface area (Å²) >= 11 is 0. The van der Waals surface area contributed by atoms with Gasteiger partial charge in [0.1, 0.15) is 5.82 Å². The molecule has 2 rings (SSSR count). The van der Waals surface area contributed by atoms with Crippen molar-refractivity contribution in [2.75, 3.05) is 19.7 Å². The average Bonchev–Trinajstić information content (AvgIpc) is 2.66. The number of Topliss-reactive ketones (excluding diaryl/α,β-unsaturated/α-hetero) is 1. The van der Waals surface area contributed by atoms with Crippen molar-refractivity contribution in [3.63, 3.8) is 0 Å². The van der Waals surface area contributed by atoms with Crippen LogP contribution in [0.5, 0.6) is 0 Å². The van der Waals surface area contributed by atoms with Gasteiger partial charge in [-0.15, -0.1) is 0 Å². The van der Waals surface area contributed by atoms with E-state index in [9.17, 15) is 14.3 Å². The Kier molecular flexibility index (Phi) is 5.68. The smallest absolute Gasteiger partial charge is 0.151 e. The number of nitrogens with zero attached hydrogens (tertiary/aromatic N) is 1. The zero-order valence-electron chi connectivity index (χ0n) is 11.7. The SMILES string of the molecule is O=C(Cc1ccccc1F)CN1CCCCCC1CO. The minimum Gasteiger partial charge on any atom is -0.395 e. The highest BCUT2D eigenvalue weighted by Crippen LogP contribution is 2.17. The maximum absolute atomic E-state index is 13.5. The molecule has 1 N–H and O–H groups in total. The molecule has 1 unspecified atom stereocenters. The van der Waals surface area contributed by atoms with Gasteiger partial charge >= 0.3 is 0 Å². The van der Waals surface area contributed by atoms with E-state index in [4.69, 9.17) is 0 Å². The Bertz CT molecular complexity index is 450. The number of carbonyl (C=O) groups is 1. The summed E-state index contributed by atoms with van der Waals surface area (Å²) < 4.78 is 13.5. The molecule has 0 radical (unpaired) electrons. The van der Waals surface area contributed by atoms with Gasteiger partial charge in [0, 0.05) is 12.5 Å². The number of rotatable bonds is 5. The Morgan fingerprint density at radius 3 is 2.85 bits per heavy atom. The fourth-order valence-corrected chi connectivity index (χ4v) is 2.79. The lowest BCUT2D eigenvalue weighted by atomic mass is 10.1. The van der Waals surface area contributed by atoms with Crippen LogP contribution in [0.2, 0.25) is 0 Å². The summed E-state index contributed by atoms with van der Waals surface area (Å²) in [5.41, 5.74) is 0.452. The Balaban J connectivity index is 1.94. The van der Waals surface area contributed by atoms with Crippen molar-refractivity contribution in [3.05, 3.63) is 35.6 Å². The second-order valence-electron chi connectivity index (χ2n) is 5.46. The number of hydrogen-bond donors (Lipinski definition) is 1. The molecule has 3 nitrogen and oxygen atoms in total. The monoisotopic (exact) mass is 279 g/mol. The zero-order valence-corrected chi connectivity index (χ0v) is 11.7. The van der Waals surface area contributed by atoms with Crippen LogP contribution >= 0.6 is 0 Å². The van der Waals surface area contributed by atoms with Gasteiger partial charge in [0.15, 0.2) is 5.78 Å². The molecule has 1 aromatic rings. The van der Waals surface area contributed by atoms with Crippen LogP contribution in [0.25, 0.3) is 0 Å². The first kappa shape index (κ1) is 15.1. The van der Waals surface area contributed by atoms with Crippen LogP contribution in [-0.2, 0) is 11.2 Å². The van der Waals surface area contributed by atoms with Crippen LogP contribution in [0, 0.1) is 5.82 Å². The minimum absolute atomic E-state index is 0.00968. The van der Waals surface area contributed by atoms with Crippen LogP contribution in [-0.4, -0.2) is 41.5 Å². The Morgan fingerprint density at radius 2 is 2.10 bits per heavy atom. The molecule has 0 aromatic heterocycles. The minimum atomic E-state index is -0.324. The summed E-state index contributed by atoms with van der Waals surface area (Å²) in [4.78, 5) is 14.2. The highest BCUT2D eigenvalue weighted by molar-refractivity contribution is 5.82. The van der Waals surface area contributed by atoms with Crippen LogP contribution in [0.3, 0.4) is 0 Å². The van der Waals surface area contributed by atoms with Gasteiger partial charge in [-0.2, -0.15) is 0 Å². The third-order valence-electron chi connectivity index (χ3n) is 3.93. The van der Waals surface area contributed by atoms with Crippen molar-refractivity contribution >= 4 is 5.78 Å². The molecular weight excluding hydrogens is 257 g/mol. The largest absolute Gasteiger partial charge is 0.395 e. The van der Waals surface area contributed by atoms with E-state index in [1.165, 1.54) is 6.07 Å². The number of aliphatic hydroxyl groups is 1. The molecule has 4 heteroatoms. The Morgan fingerprint density at radius 1 is 1.30 bits per heavy atom. The quantitative estimate of drug-likeness (QED) is 0.898. The van der Waals surface area contributed by atoms with E-state index in [1.54, 1.807) is 18.2 Å². The second-order valence-corrected chi connectivity index (χ2v) is 5.46. The molecule has 1 saturated heterocycles. The summed E-state index contributed by atoms with van der Waals surface area (Å²) in [6.07, 6.45) is 4.37. The number of hydrogen-bond acceptors (Lipinski definition) is 3. The molecule has 0 aliphatic carbocycles. The summed E-state index contributed by atoms with van der Waals surface area (Å²) in [5.74, 6) is -0.314. The van der Waals surface area contributed by atoms with Gasteiger partial charge in [-0.25, -0.2) is 4.39 Å². The molecule has 0 bridgehead atoms. The van der Waals surface area contributed by atoms with E-state index < -0.39 is 0 Å². The van der Waals surface area contributed by atoms with E-state index in [0.29, 0.717) is 12.1 Å². The molecule has 1 atom stereocenters. The zero-order chi connectivity index (χ0) is 14.4. The standard InChI is InChI=1S/C16H22FNO2/c17-16-8-4-3-6-13(16)10-15(20)11-18-9-5-1-2-7-14(18)12-19/h3-4,6,8,14,19H,1-2,5,7,9-12H2. The van der Waals surface area contributed by atoms with Gasteiger partial charge in [-0.05, 0) is 31.0 Å². The molecule has 0 amide bonds. The van der Waals surface area contributed by atoms with Crippen molar-refractivity contribution in [1.82, 2.24) is 4.90 Å². The molecule has 0 saturated carbocycles. The van der Waals surface area contributed by atoms with Crippen molar-refractivity contribution in [1.29, 1.82) is 0 Å². The van der Waals surface area contributed by atoms with Crippen LogP contribution in [0.4, 0.5) is 4.39 Å². The number of likely N-dealkylation sites (tertiary alicyclic amines) is 1. The Hall–Kier alpha value is -1.26. The van der Waals surface area contributed by atoms with Crippen LogP contribution in [0.1, 0.15) is 31.2 Å².